The Bertz CT molecular complexity index is 577. The van der Waals surface area contributed by atoms with Gasteiger partial charge >= 0.3 is 0 Å². The van der Waals surface area contributed by atoms with E-state index in [9.17, 15) is 0 Å². The smallest absolute Gasteiger partial charge is 0.191 e. The first kappa shape index (κ1) is 21.3. The van der Waals surface area contributed by atoms with E-state index in [0.29, 0.717) is 5.92 Å². The van der Waals surface area contributed by atoms with Crippen LogP contribution in [0.3, 0.4) is 0 Å². The van der Waals surface area contributed by atoms with Gasteiger partial charge in [0.05, 0.1) is 6.61 Å². The summed E-state index contributed by atoms with van der Waals surface area (Å²) in [7, 11) is 1.83. The van der Waals surface area contributed by atoms with E-state index < -0.39 is 0 Å². The summed E-state index contributed by atoms with van der Waals surface area (Å²) in [6.07, 6.45) is 3.90. The summed E-state index contributed by atoms with van der Waals surface area (Å²) in [5.74, 6) is 3.34. The van der Waals surface area contributed by atoms with Gasteiger partial charge in [-0.1, -0.05) is 25.1 Å². The molecule has 1 unspecified atom stereocenters. The maximum absolute atomic E-state index is 5.99. The second-order valence-electron chi connectivity index (χ2n) is 7.22. The van der Waals surface area contributed by atoms with E-state index in [-0.39, 0.29) is 24.0 Å². The van der Waals surface area contributed by atoms with Crippen molar-refractivity contribution in [1.82, 2.24) is 15.5 Å². The number of benzene rings is 1. The van der Waals surface area contributed by atoms with Crippen molar-refractivity contribution in [3.8, 4) is 5.75 Å². The topological polar surface area (TPSA) is 48.9 Å². The van der Waals surface area contributed by atoms with Gasteiger partial charge in [-0.2, -0.15) is 0 Å². The van der Waals surface area contributed by atoms with Crippen molar-refractivity contribution in [3.05, 3.63) is 29.8 Å². The standard InChI is InChI=1S/C20H32N4O.HI/c1-3-24-11-10-17(14-24)12-22-20(21-2)23-13-18-6-4-5-7-19(18)25-15-16-8-9-16;/h4-7,16-17H,3,8-15H2,1-2H3,(H2,21,22,23);1H. The molecule has 0 amide bonds. The summed E-state index contributed by atoms with van der Waals surface area (Å²) in [6.45, 7) is 8.36. The average Bonchev–Trinajstić information content (AvgIpc) is 3.37. The predicted octanol–water partition coefficient (Wildman–Crippen LogP) is 3.10. The third kappa shape index (κ3) is 6.61. The monoisotopic (exact) mass is 472 g/mol. The van der Waals surface area contributed by atoms with E-state index in [2.05, 4.69) is 45.6 Å². The van der Waals surface area contributed by atoms with Crippen LogP contribution in [-0.4, -0.2) is 50.7 Å². The summed E-state index contributed by atoms with van der Waals surface area (Å²) in [6, 6.07) is 8.29. The highest BCUT2D eigenvalue weighted by Gasteiger charge is 2.22. The van der Waals surface area contributed by atoms with Crippen molar-refractivity contribution in [2.75, 3.05) is 39.8 Å². The maximum Gasteiger partial charge on any atom is 0.191 e. The number of aliphatic imine (C=N–C) groups is 1. The molecule has 0 bridgehead atoms. The third-order valence-corrected chi connectivity index (χ3v) is 5.19. The van der Waals surface area contributed by atoms with E-state index in [0.717, 1.165) is 43.9 Å². The summed E-state index contributed by atoms with van der Waals surface area (Å²) in [4.78, 5) is 6.87. The van der Waals surface area contributed by atoms with Crippen molar-refractivity contribution >= 4 is 29.9 Å². The molecule has 1 aliphatic heterocycles. The molecule has 26 heavy (non-hydrogen) atoms. The van der Waals surface area contributed by atoms with E-state index in [1.807, 2.05) is 13.1 Å². The van der Waals surface area contributed by atoms with Crippen LogP contribution < -0.4 is 15.4 Å². The molecule has 3 rings (SSSR count). The fourth-order valence-electron chi connectivity index (χ4n) is 3.29. The molecule has 0 spiro atoms. The second kappa shape index (κ2) is 11.0. The number of nitrogens with one attached hydrogen (secondary N) is 2. The highest BCUT2D eigenvalue weighted by atomic mass is 127. The van der Waals surface area contributed by atoms with E-state index in [4.69, 9.17) is 4.74 Å². The molecule has 0 aromatic heterocycles. The quantitative estimate of drug-likeness (QED) is 0.347. The van der Waals surface area contributed by atoms with Crippen molar-refractivity contribution in [2.24, 2.45) is 16.8 Å². The number of hydrogen-bond acceptors (Lipinski definition) is 3. The molecule has 0 radical (unpaired) electrons. The lowest BCUT2D eigenvalue weighted by Crippen LogP contribution is -2.40. The molecular formula is C20H33IN4O. The van der Waals surface area contributed by atoms with E-state index in [1.54, 1.807) is 0 Å². The first-order valence-electron chi connectivity index (χ1n) is 9.66. The van der Waals surface area contributed by atoms with Crippen LogP contribution in [0.4, 0.5) is 0 Å². The Balaban J connectivity index is 0.00000243. The lowest BCUT2D eigenvalue weighted by molar-refractivity contribution is 0.296. The van der Waals surface area contributed by atoms with Gasteiger partial charge in [0.25, 0.3) is 0 Å². The van der Waals surface area contributed by atoms with Crippen LogP contribution in [0.25, 0.3) is 0 Å². The summed E-state index contributed by atoms with van der Waals surface area (Å²) in [5.41, 5.74) is 1.18. The number of nitrogens with zero attached hydrogens (tertiary/aromatic N) is 2. The van der Waals surface area contributed by atoms with Crippen LogP contribution >= 0.6 is 24.0 Å². The van der Waals surface area contributed by atoms with Crippen LogP contribution in [0, 0.1) is 11.8 Å². The fraction of sp³-hybridized carbons (Fsp3) is 0.650. The number of para-hydroxylation sites is 1. The van der Waals surface area contributed by atoms with Gasteiger partial charge in [0.15, 0.2) is 5.96 Å². The van der Waals surface area contributed by atoms with Crippen LogP contribution in [0.15, 0.2) is 29.3 Å². The zero-order valence-electron chi connectivity index (χ0n) is 16.0. The highest BCUT2D eigenvalue weighted by molar-refractivity contribution is 14.0. The van der Waals surface area contributed by atoms with E-state index in [1.165, 1.54) is 37.9 Å². The molecular weight excluding hydrogens is 439 g/mol. The summed E-state index contributed by atoms with van der Waals surface area (Å²) < 4.78 is 5.99. The van der Waals surface area contributed by atoms with Gasteiger partial charge in [0.2, 0.25) is 0 Å². The normalized spacial score (nSPS) is 20.5. The molecule has 1 heterocycles. The number of hydrogen-bond donors (Lipinski definition) is 2. The van der Waals surface area contributed by atoms with Gasteiger partial charge in [-0.25, -0.2) is 0 Å². The summed E-state index contributed by atoms with van der Waals surface area (Å²) in [5, 5.41) is 6.90. The lowest BCUT2D eigenvalue weighted by Gasteiger charge is -2.17. The van der Waals surface area contributed by atoms with Gasteiger partial charge < -0.3 is 20.3 Å². The molecule has 1 saturated heterocycles. The molecule has 5 nitrogen and oxygen atoms in total. The van der Waals surface area contributed by atoms with Gasteiger partial charge in [-0.05, 0) is 50.3 Å². The Kier molecular flexibility index (Phi) is 8.98. The minimum absolute atomic E-state index is 0. The molecule has 1 aromatic rings. The predicted molar refractivity (Wildman–Crippen MR) is 118 cm³/mol. The minimum atomic E-state index is 0. The molecule has 6 heteroatoms. The van der Waals surface area contributed by atoms with Crippen molar-refractivity contribution < 1.29 is 4.74 Å². The molecule has 1 aromatic carbocycles. The number of likely N-dealkylation sites (tertiary alicyclic amines) is 1. The maximum atomic E-state index is 5.99. The second-order valence-corrected chi connectivity index (χ2v) is 7.22. The van der Waals surface area contributed by atoms with Gasteiger partial charge in [0.1, 0.15) is 5.75 Å². The van der Waals surface area contributed by atoms with Crippen molar-refractivity contribution in [3.63, 3.8) is 0 Å². The third-order valence-electron chi connectivity index (χ3n) is 5.19. The number of halogens is 1. The molecule has 1 saturated carbocycles. The first-order chi connectivity index (χ1) is 12.3. The number of guanidine groups is 1. The van der Waals surface area contributed by atoms with Crippen LogP contribution in [0.2, 0.25) is 0 Å². The number of rotatable bonds is 8. The Labute approximate surface area is 175 Å². The molecule has 2 fully saturated rings. The number of ether oxygens (including phenoxy) is 1. The Morgan fingerprint density at radius 1 is 1.19 bits per heavy atom. The van der Waals surface area contributed by atoms with E-state index >= 15 is 0 Å². The average molecular weight is 472 g/mol. The lowest BCUT2D eigenvalue weighted by atomic mass is 10.1. The van der Waals surface area contributed by atoms with Crippen LogP contribution in [0.5, 0.6) is 5.75 Å². The zero-order valence-corrected chi connectivity index (χ0v) is 18.4. The zero-order chi connectivity index (χ0) is 17.5. The Hall–Kier alpha value is -1.02. The fourth-order valence-corrected chi connectivity index (χ4v) is 3.29. The van der Waals surface area contributed by atoms with Crippen molar-refractivity contribution in [2.45, 2.75) is 32.7 Å². The van der Waals surface area contributed by atoms with Gasteiger partial charge in [0, 0.05) is 32.2 Å². The Morgan fingerprint density at radius 2 is 2.00 bits per heavy atom. The SMILES string of the molecule is CCN1CCC(CNC(=NC)NCc2ccccc2OCC2CC2)C1.I. The van der Waals surface area contributed by atoms with Gasteiger partial charge in [-0.15, -0.1) is 24.0 Å². The summed E-state index contributed by atoms with van der Waals surface area (Å²) >= 11 is 0. The molecule has 2 N–H and O–H groups in total. The largest absolute Gasteiger partial charge is 0.493 e. The van der Waals surface area contributed by atoms with Crippen LogP contribution in [-0.2, 0) is 6.54 Å². The van der Waals surface area contributed by atoms with Crippen LogP contribution in [0.1, 0.15) is 31.7 Å². The molecule has 2 aliphatic rings. The Morgan fingerprint density at radius 3 is 2.69 bits per heavy atom. The van der Waals surface area contributed by atoms with Crippen molar-refractivity contribution in [1.29, 1.82) is 0 Å². The molecule has 146 valence electrons. The minimum Gasteiger partial charge on any atom is -0.493 e. The highest BCUT2D eigenvalue weighted by Crippen LogP contribution is 2.30. The van der Waals surface area contributed by atoms with Gasteiger partial charge in [-0.3, -0.25) is 4.99 Å². The molecule has 1 atom stereocenters. The first-order valence-corrected chi connectivity index (χ1v) is 9.66. The molecule has 1 aliphatic carbocycles.